The number of piperidine rings is 1. The van der Waals surface area contributed by atoms with Crippen LogP contribution in [0.25, 0.3) is 0 Å². The van der Waals surface area contributed by atoms with E-state index in [4.69, 9.17) is 16.2 Å². The average Bonchev–Trinajstić information content (AvgIpc) is 2.71. The number of hydrogen-bond donors (Lipinski definition) is 2. The van der Waals surface area contributed by atoms with Gasteiger partial charge in [-0.2, -0.15) is 0 Å². The van der Waals surface area contributed by atoms with Crippen molar-refractivity contribution in [2.75, 3.05) is 60.7 Å². The molecule has 0 amide bonds. The lowest BCUT2D eigenvalue weighted by Crippen LogP contribution is -2.36. The molecule has 0 atom stereocenters. The van der Waals surface area contributed by atoms with Crippen LogP contribution < -0.4 is 21.3 Å². The summed E-state index contributed by atoms with van der Waals surface area (Å²) >= 11 is 0. The van der Waals surface area contributed by atoms with Crippen LogP contribution in [-0.4, -0.2) is 39.4 Å². The van der Waals surface area contributed by atoms with Gasteiger partial charge in [0.2, 0.25) is 0 Å². The summed E-state index contributed by atoms with van der Waals surface area (Å²) in [6.45, 7) is 6.00. The van der Waals surface area contributed by atoms with Gasteiger partial charge in [-0.25, -0.2) is 0 Å². The molecule has 0 aromatic heterocycles. The number of ether oxygens (including phenoxy) is 1. The van der Waals surface area contributed by atoms with Crippen LogP contribution in [0.5, 0.6) is 0 Å². The van der Waals surface area contributed by atoms with Crippen LogP contribution in [0.2, 0.25) is 0 Å². The average molecular weight is 354 g/mol. The second-order valence-electron chi connectivity index (χ2n) is 6.83. The summed E-state index contributed by atoms with van der Waals surface area (Å²) in [6.07, 6.45) is 4.03. The van der Waals surface area contributed by atoms with E-state index in [1.54, 1.807) is 0 Å². The lowest BCUT2D eigenvalue weighted by molar-refractivity contribution is 0.122. The van der Waals surface area contributed by atoms with Crippen LogP contribution in [0.4, 0.5) is 22.7 Å². The molecule has 140 valence electrons. The Bertz CT molecular complexity index is 585. The van der Waals surface area contributed by atoms with Gasteiger partial charge in [0.15, 0.2) is 0 Å². The molecule has 2 fully saturated rings. The quantitative estimate of drug-likeness (QED) is 0.810. The van der Waals surface area contributed by atoms with E-state index < -0.39 is 0 Å². The second-order valence-corrected chi connectivity index (χ2v) is 6.83. The Hall–Kier alpha value is -2.40. The highest BCUT2D eigenvalue weighted by Crippen LogP contribution is 2.20. The number of nitrogen functional groups attached to an aromatic ring is 2. The topological polar surface area (TPSA) is 67.8 Å². The molecule has 2 aromatic rings. The van der Waals surface area contributed by atoms with Gasteiger partial charge in [-0.05, 0) is 67.8 Å². The summed E-state index contributed by atoms with van der Waals surface area (Å²) < 4.78 is 5.28. The summed E-state index contributed by atoms with van der Waals surface area (Å²) in [5.74, 6) is 0. The van der Waals surface area contributed by atoms with Crippen LogP contribution in [0.15, 0.2) is 48.5 Å². The molecule has 4 N–H and O–H groups in total. The Morgan fingerprint density at radius 2 is 1.00 bits per heavy atom. The zero-order valence-corrected chi connectivity index (χ0v) is 15.4. The summed E-state index contributed by atoms with van der Waals surface area (Å²) in [4.78, 5) is 4.74. The minimum atomic E-state index is 0.817. The van der Waals surface area contributed by atoms with Gasteiger partial charge >= 0.3 is 0 Å². The maximum Gasteiger partial charge on any atom is 0.0642 e. The van der Waals surface area contributed by atoms with Crippen molar-refractivity contribution in [3.05, 3.63) is 48.5 Å². The predicted molar refractivity (Wildman–Crippen MR) is 111 cm³/mol. The third kappa shape index (κ3) is 5.30. The Labute approximate surface area is 156 Å². The molecule has 2 aliphatic heterocycles. The summed E-state index contributed by atoms with van der Waals surface area (Å²) in [5, 5.41) is 0. The van der Waals surface area contributed by atoms with E-state index in [1.807, 2.05) is 24.3 Å². The Morgan fingerprint density at radius 1 is 0.577 bits per heavy atom. The third-order valence-electron chi connectivity index (χ3n) is 4.88. The fourth-order valence-corrected chi connectivity index (χ4v) is 3.34. The summed E-state index contributed by atoms with van der Waals surface area (Å²) in [6, 6.07) is 16.2. The van der Waals surface area contributed by atoms with E-state index >= 15 is 0 Å². The fourth-order valence-electron chi connectivity index (χ4n) is 3.34. The van der Waals surface area contributed by atoms with Gasteiger partial charge in [0.05, 0.1) is 13.2 Å². The predicted octanol–water partition coefficient (Wildman–Crippen LogP) is 3.36. The second kappa shape index (κ2) is 9.34. The minimum Gasteiger partial charge on any atom is -0.399 e. The van der Waals surface area contributed by atoms with Crippen LogP contribution in [0.3, 0.4) is 0 Å². The molecule has 0 bridgehead atoms. The summed E-state index contributed by atoms with van der Waals surface area (Å²) in [7, 11) is 0. The van der Waals surface area contributed by atoms with Gasteiger partial charge in [0.1, 0.15) is 0 Å². The van der Waals surface area contributed by atoms with Crippen molar-refractivity contribution < 1.29 is 4.74 Å². The molecule has 0 radical (unpaired) electrons. The number of nitrogens with two attached hydrogens (primary N) is 2. The first-order chi connectivity index (χ1) is 12.7. The molecule has 2 aliphatic rings. The molecule has 2 heterocycles. The minimum absolute atomic E-state index is 0.817. The molecule has 5 heteroatoms. The van der Waals surface area contributed by atoms with E-state index in [2.05, 4.69) is 34.1 Å². The molecule has 0 aliphatic carbocycles. The number of rotatable bonds is 2. The van der Waals surface area contributed by atoms with Crippen molar-refractivity contribution in [1.82, 2.24) is 0 Å². The molecule has 5 nitrogen and oxygen atoms in total. The molecule has 0 unspecified atom stereocenters. The van der Waals surface area contributed by atoms with Crippen LogP contribution in [0.1, 0.15) is 19.3 Å². The van der Waals surface area contributed by atoms with E-state index in [1.165, 1.54) is 43.7 Å². The van der Waals surface area contributed by atoms with Gasteiger partial charge in [-0.1, -0.05) is 0 Å². The van der Waals surface area contributed by atoms with E-state index in [0.717, 1.165) is 37.7 Å². The first kappa shape index (κ1) is 18.4. The molecule has 0 saturated carbocycles. The molecular weight excluding hydrogens is 324 g/mol. The number of nitrogens with zero attached hydrogens (tertiary/aromatic N) is 2. The van der Waals surface area contributed by atoms with Crippen molar-refractivity contribution in [3.63, 3.8) is 0 Å². The first-order valence-electron chi connectivity index (χ1n) is 9.51. The van der Waals surface area contributed by atoms with Gasteiger partial charge in [-0.15, -0.1) is 0 Å². The first-order valence-corrected chi connectivity index (χ1v) is 9.51. The molecule has 2 aromatic carbocycles. The molecular formula is C21H30N4O. The zero-order chi connectivity index (χ0) is 18.2. The van der Waals surface area contributed by atoms with Gasteiger partial charge in [0.25, 0.3) is 0 Å². The standard InChI is InChI=1S/C11H16N2.C10H14N2O/c12-10-4-6-11(7-5-10)13-8-2-1-3-9-13;11-9-1-3-10(4-2-9)12-5-7-13-8-6-12/h4-7H,1-3,8-9,12H2;1-4H,5-8,11H2. The number of anilines is 4. The maximum absolute atomic E-state index is 5.64. The largest absolute Gasteiger partial charge is 0.399 e. The zero-order valence-electron chi connectivity index (χ0n) is 15.4. The van der Waals surface area contributed by atoms with Crippen LogP contribution in [0, 0.1) is 0 Å². The lowest BCUT2D eigenvalue weighted by Gasteiger charge is -2.28. The molecule has 0 spiro atoms. The van der Waals surface area contributed by atoms with E-state index in [0.29, 0.717) is 0 Å². The Kier molecular flexibility index (Phi) is 6.61. The smallest absolute Gasteiger partial charge is 0.0642 e. The van der Waals surface area contributed by atoms with Crippen molar-refractivity contribution in [2.45, 2.75) is 19.3 Å². The Morgan fingerprint density at radius 3 is 1.46 bits per heavy atom. The van der Waals surface area contributed by atoms with Crippen LogP contribution >= 0.6 is 0 Å². The van der Waals surface area contributed by atoms with Gasteiger partial charge < -0.3 is 26.0 Å². The third-order valence-corrected chi connectivity index (χ3v) is 4.88. The maximum atomic E-state index is 5.64. The van der Waals surface area contributed by atoms with Crippen molar-refractivity contribution in [1.29, 1.82) is 0 Å². The number of benzene rings is 2. The number of morpholine rings is 1. The highest BCUT2D eigenvalue weighted by Gasteiger charge is 2.10. The highest BCUT2D eigenvalue weighted by atomic mass is 16.5. The molecule has 4 rings (SSSR count). The molecule has 2 saturated heterocycles. The normalized spacial score (nSPS) is 17.4. The lowest BCUT2D eigenvalue weighted by atomic mass is 10.1. The molecule has 26 heavy (non-hydrogen) atoms. The highest BCUT2D eigenvalue weighted by molar-refractivity contribution is 5.54. The van der Waals surface area contributed by atoms with E-state index in [9.17, 15) is 0 Å². The van der Waals surface area contributed by atoms with Gasteiger partial charge in [-0.3, -0.25) is 0 Å². The number of hydrogen-bond acceptors (Lipinski definition) is 5. The fraction of sp³-hybridized carbons (Fsp3) is 0.429. The van der Waals surface area contributed by atoms with Gasteiger partial charge in [0, 0.05) is 48.9 Å². The van der Waals surface area contributed by atoms with E-state index in [-0.39, 0.29) is 0 Å². The van der Waals surface area contributed by atoms with Crippen LogP contribution in [-0.2, 0) is 4.74 Å². The van der Waals surface area contributed by atoms with Crippen molar-refractivity contribution >= 4 is 22.7 Å². The monoisotopic (exact) mass is 354 g/mol. The van der Waals surface area contributed by atoms with Crippen molar-refractivity contribution in [3.8, 4) is 0 Å². The SMILES string of the molecule is Nc1ccc(N2CCCCC2)cc1.Nc1ccc(N2CCOCC2)cc1. The Balaban J connectivity index is 0.000000151. The van der Waals surface area contributed by atoms with Crippen molar-refractivity contribution in [2.24, 2.45) is 0 Å². The summed E-state index contributed by atoms with van der Waals surface area (Å²) in [5.41, 5.74) is 15.5.